The number of fused-ring (bicyclic) bond motifs is 1. The van der Waals surface area contributed by atoms with Crippen LogP contribution < -0.4 is 10.6 Å². The quantitative estimate of drug-likeness (QED) is 0.435. The molecule has 2 aromatic heterocycles. The van der Waals surface area contributed by atoms with Gasteiger partial charge < -0.3 is 9.73 Å². The number of aromatic nitrogens is 2. The summed E-state index contributed by atoms with van der Waals surface area (Å²) in [5.74, 6) is 0.174. The van der Waals surface area contributed by atoms with Gasteiger partial charge in [-0.05, 0) is 66.8 Å². The second-order valence-electron chi connectivity index (χ2n) is 5.84. The summed E-state index contributed by atoms with van der Waals surface area (Å²) in [6.07, 6.45) is 1.67. The summed E-state index contributed by atoms with van der Waals surface area (Å²) in [6, 6.07) is 18.0. The van der Waals surface area contributed by atoms with E-state index in [1.54, 1.807) is 36.5 Å². The molecule has 28 heavy (non-hydrogen) atoms. The van der Waals surface area contributed by atoms with E-state index in [9.17, 15) is 4.79 Å². The monoisotopic (exact) mass is 452 g/mol. The van der Waals surface area contributed by atoms with Gasteiger partial charge in [0.25, 0.3) is 5.91 Å². The lowest BCUT2D eigenvalue weighted by molar-refractivity contribution is 0.0977. The summed E-state index contributed by atoms with van der Waals surface area (Å²) in [6.45, 7) is 0. The molecule has 0 saturated carbocycles. The summed E-state index contributed by atoms with van der Waals surface area (Å²) in [5.41, 5.74) is 3.15. The van der Waals surface area contributed by atoms with Gasteiger partial charge >= 0.3 is 0 Å². The molecule has 4 rings (SSSR count). The third-order valence-electron chi connectivity index (χ3n) is 3.87. The van der Waals surface area contributed by atoms with Crippen molar-refractivity contribution in [2.24, 2.45) is 0 Å². The number of carbonyl (C=O) groups excluding carboxylic acids is 1. The van der Waals surface area contributed by atoms with Crippen LogP contribution in [0.4, 0.5) is 5.69 Å². The number of hydrogen-bond donors (Lipinski definition) is 2. The van der Waals surface area contributed by atoms with E-state index < -0.39 is 0 Å². The highest BCUT2D eigenvalue weighted by molar-refractivity contribution is 9.10. The molecule has 0 radical (unpaired) electrons. The Kier molecular flexibility index (Phi) is 5.14. The minimum Gasteiger partial charge on any atom is -0.434 e. The molecule has 0 unspecified atom stereocenters. The smallest absolute Gasteiger partial charge is 0.257 e. The molecular weight excluding hydrogens is 440 g/mol. The zero-order chi connectivity index (χ0) is 19.5. The standard InChI is InChI=1S/C20H13BrN4O2S/c21-14-8-6-12(7-9-14)18(26)25-20(28)23-15-4-1-3-13(11-15)19-24-17-16(27-19)5-2-10-22-17/h1-11H,(H2,23,25,26,28). The predicted octanol–water partition coefficient (Wildman–Crippen LogP) is 4.78. The molecule has 2 aromatic carbocycles. The van der Waals surface area contributed by atoms with Crippen LogP contribution in [0.15, 0.2) is 75.8 Å². The van der Waals surface area contributed by atoms with Crippen LogP contribution in [0, 0.1) is 0 Å². The molecule has 4 aromatic rings. The van der Waals surface area contributed by atoms with Crippen LogP contribution >= 0.6 is 28.1 Å². The van der Waals surface area contributed by atoms with Gasteiger partial charge in [0.05, 0.1) is 0 Å². The molecule has 138 valence electrons. The average Bonchev–Trinajstić information content (AvgIpc) is 3.13. The molecule has 0 saturated heterocycles. The molecule has 8 heteroatoms. The molecule has 2 N–H and O–H groups in total. The number of rotatable bonds is 3. The highest BCUT2D eigenvalue weighted by Gasteiger charge is 2.11. The highest BCUT2D eigenvalue weighted by atomic mass is 79.9. The van der Waals surface area contributed by atoms with E-state index in [0.29, 0.717) is 28.4 Å². The van der Waals surface area contributed by atoms with Gasteiger partial charge in [-0.15, -0.1) is 0 Å². The van der Waals surface area contributed by atoms with E-state index in [0.717, 1.165) is 10.0 Å². The van der Waals surface area contributed by atoms with Crippen LogP contribution in [0.5, 0.6) is 0 Å². The van der Waals surface area contributed by atoms with Crippen molar-refractivity contribution in [1.29, 1.82) is 0 Å². The maximum absolute atomic E-state index is 12.3. The number of nitrogens with zero attached hydrogens (tertiary/aromatic N) is 2. The molecule has 0 aliphatic rings. The number of anilines is 1. The molecule has 2 heterocycles. The van der Waals surface area contributed by atoms with Crippen molar-refractivity contribution < 1.29 is 9.21 Å². The molecule has 0 aliphatic heterocycles. The lowest BCUT2D eigenvalue weighted by Gasteiger charge is -2.10. The summed E-state index contributed by atoms with van der Waals surface area (Å²) >= 11 is 8.59. The van der Waals surface area contributed by atoms with E-state index >= 15 is 0 Å². The lowest BCUT2D eigenvalue weighted by Crippen LogP contribution is -2.34. The van der Waals surface area contributed by atoms with Crippen LogP contribution in [-0.2, 0) is 0 Å². The van der Waals surface area contributed by atoms with Gasteiger partial charge in [0, 0.05) is 27.5 Å². The maximum Gasteiger partial charge on any atom is 0.257 e. The van der Waals surface area contributed by atoms with Crippen LogP contribution in [0.25, 0.3) is 22.7 Å². The first-order valence-electron chi connectivity index (χ1n) is 8.28. The molecule has 6 nitrogen and oxygen atoms in total. The molecule has 0 aliphatic carbocycles. The first-order chi connectivity index (χ1) is 13.6. The molecular formula is C20H13BrN4O2S. The van der Waals surface area contributed by atoms with Gasteiger partial charge in [-0.3, -0.25) is 10.1 Å². The Labute approximate surface area is 174 Å². The minimum absolute atomic E-state index is 0.198. The van der Waals surface area contributed by atoms with Gasteiger partial charge in [0.15, 0.2) is 16.3 Å². The number of hydrogen-bond acceptors (Lipinski definition) is 5. The summed E-state index contributed by atoms with van der Waals surface area (Å²) in [5, 5.41) is 5.86. The van der Waals surface area contributed by atoms with Crippen LogP contribution in [0.2, 0.25) is 0 Å². The van der Waals surface area contributed by atoms with E-state index in [1.165, 1.54) is 0 Å². The number of amides is 1. The van der Waals surface area contributed by atoms with Gasteiger partial charge in [-0.2, -0.15) is 4.98 Å². The molecule has 1 amide bonds. The number of halogens is 1. The number of benzene rings is 2. The van der Waals surface area contributed by atoms with Crippen molar-refractivity contribution >= 4 is 56.1 Å². The van der Waals surface area contributed by atoms with Gasteiger partial charge in [0.2, 0.25) is 5.89 Å². The van der Waals surface area contributed by atoms with Gasteiger partial charge in [-0.1, -0.05) is 22.0 Å². The maximum atomic E-state index is 12.3. The second-order valence-corrected chi connectivity index (χ2v) is 7.16. The molecule has 0 bridgehead atoms. The van der Waals surface area contributed by atoms with Crippen molar-refractivity contribution in [3.8, 4) is 11.5 Å². The van der Waals surface area contributed by atoms with Crippen LogP contribution in [0.3, 0.4) is 0 Å². The largest absolute Gasteiger partial charge is 0.434 e. The predicted molar refractivity (Wildman–Crippen MR) is 115 cm³/mol. The number of thiocarbonyl (C=S) groups is 1. The number of carbonyl (C=O) groups is 1. The van der Waals surface area contributed by atoms with E-state index in [2.05, 4.69) is 36.5 Å². The fourth-order valence-electron chi connectivity index (χ4n) is 2.56. The topological polar surface area (TPSA) is 80.0 Å². The number of pyridine rings is 1. The Hall–Kier alpha value is -3.10. The zero-order valence-corrected chi connectivity index (χ0v) is 16.8. The second kappa shape index (κ2) is 7.87. The van der Waals surface area contributed by atoms with E-state index in [-0.39, 0.29) is 11.0 Å². The number of nitrogens with one attached hydrogen (secondary N) is 2. The van der Waals surface area contributed by atoms with Gasteiger partial charge in [0.1, 0.15) is 0 Å². The zero-order valence-electron chi connectivity index (χ0n) is 14.3. The van der Waals surface area contributed by atoms with Crippen LogP contribution in [0.1, 0.15) is 10.4 Å². The molecule has 0 spiro atoms. The first-order valence-corrected chi connectivity index (χ1v) is 9.48. The highest BCUT2D eigenvalue weighted by Crippen LogP contribution is 2.25. The first kappa shape index (κ1) is 18.3. The van der Waals surface area contributed by atoms with E-state index in [4.69, 9.17) is 16.6 Å². The van der Waals surface area contributed by atoms with Crippen molar-refractivity contribution in [3.05, 3.63) is 76.9 Å². The van der Waals surface area contributed by atoms with E-state index in [1.807, 2.05) is 30.3 Å². The van der Waals surface area contributed by atoms with Crippen molar-refractivity contribution in [2.45, 2.75) is 0 Å². The third-order valence-corrected chi connectivity index (χ3v) is 4.60. The Balaban J connectivity index is 1.47. The van der Waals surface area contributed by atoms with Gasteiger partial charge in [-0.25, -0.2) is 4.98 Å². The molecule has 0 fully saturated rings. The van der Waals surface area contributed by atoms with Crippen molar-refractivity contribution in [3.63, 3.8) is 0 Å². The fraction of sp³-hybridized carbons (Fsp3) is 0. The summed E-state index contributed by atoms with van der Waals surface area (Å²) in [7, 11) is 0. The Bertz CT molecular complexity index is 1140. The Morgan fingerprint density at radius 2 is 1.89 bits per heavy atom. The molecule has 0 atom stereocenters. The van der Waals surface area contributed by atoms with Crippen molar-refractivity contribution in [2.75, 3.05) is 5.32 Å². The van der Waals surface area contributed by atoms with Crippen LogP contribution in [-0.4, -0.2) is 21.0 Å². The lowest BCUT2D eigenvalue weighted by atomic mass is 10.2. The SMILES string of the molecule is O=C(NC(=S)Nc1cccc(-c2nc3ncccc3o2)c1)c1ccc(Br)cc1. The fourth-order valence-corrected chi connectivity index (χ4v) is 3.04. The normalized spacial score (nSPS) is 10.6. The minimum atomic E-state index is -0.286. The summed E-state index contributed by atoms with van der Waals surface area (Å²) in [4.78, 5) is 20.8. The Morgan fingerprint density at radius 1 is 1.07 bits per heavy atom. The summed E-state index contributed by atoms with van der Waals surface area (Å²) < 4.78 is 6.64. The number of oxazole rings is 1. The Morgan fingerprint density at radius 3 is 2.68 bits per heavy atom. The third kappa shape index (κ3) is 4.08. The van der Waals surface area contributed by atoms with Crippen molar-refractivity contribution in [1.82, 2.24) is 15.3 Å². The average molecular weight is 453 g/mol.